The van der Waals surface area contributed by atoms with Crippen LogP contribution in [0.4, 0.5) is 0 Å². The van der Waals surface area contributed by atoms with E-state index in [0.29, 0.717) is 10.8 Å². The quantitative estimate of drug-likeness (QED) is 0.556. The highest BCUT2D eigenvalue weighted by atomic mass is 35.5. The Hall–Kier alpha value is -2.79. The van der Waals surface area contributed by atoms with Crippen molar-refractivity contribution in [3.8, 4) is 5.69 Å². The summed E-state index contributed by atoms with van der Waals surface area (Å²) in [6.07, 6.45) is 1.63. The molecule has 0 atom stereocenters. The molecule has 0 aliphatic rings. The van der Waals surface area contributed by atoms with E-state index in [1.54, 1.807) is 25.3 Å². The lowest BCUT2D eigenvalue weighted by atomic mass is 10.2. The number of nitrogens with one attached hydrogen (secondary N) is 1. The summed E-state index contributed by atoms with van der Waals surface area (Å²) in [6, 6.07) is 13.0. The van der Waals surface area contributed by atoms with Crippen molar-refractivity contribution in [2.75, 3.05) is 0 Å². The lowest BCUT2D eigenvalue weighted by molar-refractivity contribution is 0.0926. The number of hydrazone groups is 1. The lowest BCUT2D eigenvalue weighted by Crippen LogP contribution is -2.16. The summed E-state index contributed by atoms with van der Waals surface area (Å²) in [4.78, 5) is 11.9. The third-order valence-corrected chi connectivity index (χ3v) is 4.14. The normalized spacial score (nSPS) is 11.2. The summed E-state index contributed by atoms with van der Waals surface area (Å²) in [5.74, 6) is 0.540. The van der Waals surface area contributed by atoms with Crippen LogP contribution in [-0.4, -0.2) is 16.7 Å². The topological polar surface area (TPSA) is 59.5 Å². The summed E-state index contributed by atoms with van der Waals surface area (Å²) in [5.41, 5.74) is 6.50. The van der Waals surface area contributed by atoms with E-state index in [1.165, 1.54) is 0 Å². The highest BCUT2D eigenvalue weighted by Gasteiger charge is 2.11. The van der Waals surface area contributed by atoms with Crippen LogP contribution < -0.4 is 5.43 Å². The molecule has 0 aliphatic carbocycles. The van der Waals surface area contributed by atoms with Gasteiger partial charge in [-0.1, -0.05) is 11.6 Å². The van der Waals surface area contributed by atoms with Crippen LogP contribution in [-0.2, 0) is 0 Å². The first kappa shape index (κ1) is 17.0. The number of furan rings is 1. The van der Waals surface area contributed by atoms with Crippen LogP contribution in [0.5, 0.6) is 0 Å². The number of carbonyl (C=O) groups excluding carboxylic acids is 1. The molecule has 6 heteroatoms. The molecular weight excluding hydrogens is 338 g/mol. The Morgan fingerprint density at radius 2 is 1.88 bits per heavy atom. The van der Waals surface area contributed by atoms with E-state index in [1.807, 2.05) is 44.2 Å². The van der Waals surface area contributed by atoms with Crippen molar-refractivity contribution >= 4 is 23.7 Å². The molecule has 0 fully saturated rings. The molecule has 3 aromatic rings. The first-order valence-electron chi connectivity index (χ1n) is 7.80. The number of nitrogens with zero attached hydrogens (tertiary/aromatic N) is 2. The lowest BCUT2D eigenvalue weighted by Gasteiger charge is -2.09. The molecule has 0 unspecified atom stereocenters. The third-order valence-electron chi connectivity index (χ3n) is 3.89. The molecule has 1 N–H and O–H groups in total. The molecule has 25 heavy (non-hydrogen) atoms. The number of rotatable bonds is 4. The van der Waals surface area contributed by atoms with Gasteiger partial charge in [0, 0.05) is 27.7 Å². The van der Waals surface area contributed by atoms with Crippen LogP contribution in [0.3, 0.4) is 0 Å². The van der Waals surface area contributed by atoms with Gasteiger partial charge in [-0.15, -0.1) is 0 Å². The summed E-state index contributed by atoms with van der Waals surface area (Å²) in [7, 11) is 0. The minimum atomic E-state index is -0.379. The number of halogens is 1. The van der Waals surface area contributed by atoms with Crippen molar-refractivity contribution in [1.29, 1.82) is 0 Å². The highest BCUT2D eigenvalue weighted by molar-refractivity contribution is 6.30. The zero-order valence-corrected chi connectivity index (χ0v) is 15.0. The average molecular weight is 356 g/mol. The molecule has 0 radical (unpaired) electrons. The Balaban J connectivity index is 1.78. The van der Waals surface area contributed by atoms with Gasteiger partial charge in [-0.25, -0.2) is 5.43 Å². The second kappa shape index (κ2) is 6.99. The largest absolute Gasteiger partial charge is 0.456 e. The summed E-state index contributed by atoms with van der Waals surface area (Å²) < 4.78 is 7.37. The van der Waals surface area contributed by atoms with Crippen LogP contribution in [0.2, 0.25) is 5.02 Å². The molecule has 0 saturated heterocycles. The molecule has 1 aromatic carbocycles. The minimum absolute atomic E-state index is 0.237. The van der Waals surface area contributed by atoms with Gasteiger partial charge in [-0.3, -0.25) is 4.79 Å². The van der Waals surface area contributed by atoms with E-state index in [0.717, 1.165) is 22.6 Å². The molecule has 1 amide bonds. The Bertz CT molecular complexity index is 936. The van der Waals surface area contributed by atoms with Crippen molar-refractivity contribution in [2.24, 2.45) is 5.10 Å². The van der Waals surface area contributed by atoms with Gasteiger partial charge in [0.15, 0.2) is 5.76 Å². The van der Waals surface area contributed by atoms with Gasteiger partial charge in [0.25, 0.3) is 0 Å². The molecule has 2 aromatic heterocycles. The summed E-state index contributed by atoms with van der Waals surface area (Å²) >= 11 is 5.96. The summed E-state index contributed by atoms with van der Waals surface area (Å²) in [6.45, 7) is 5.80. The number of carbonyl (C=O) groups is 1. The number of hydrogen-bond acceptors (Lipinski definition) is 3. The fourth-order valence-corrected chi connectivity index (χ4v) is 2.80. The monoisotopic (exact) mass is 355 g/mol. The second-order valence-corrected chi connectivity index (χ2v) is 6.18. The number of aromatic nitrogens is 1. The van der Waals surface area contributed by atoms with Crippen molar-refractivity contribution in [1.82, 2.24) is 9.99 Å². The van der Waals surface area contributed by atoms with Crippen molar-refractivity contribution in [2.45, 2.75) is 20.8 Å². The van der Waals surface area contributed by atoms with Crippen LogP contribution in [0.1, 0.15) is 33.3 Å². The Morgan fingerprint density at radius 1 is 1.16 bits per heavy atom. The van der Waals surface area contributed by atoms with Gasteiger partial charge >= 0.3 is 5.91 Å². The third kappa shape index (κ3) is 3.67. The molecular formula is C19H18ClN3O2. The van der Waals surface area contributed by atoms with Crippen molar-refractivity contribution < 1.29 is 9.21 Å². The van der Waals surface area contributed by atoms with Gasteiger partial charge in [0.05, 0.1) is 6.21 Å². The van der Waals surface area contributed by atoms with Crippen LogP contribution in [0.25, 0.3) is 5.69 Å². The van der Waals surface area contributed by atoms with Gasteiger partial charge in [0.1, 0.15) is 5.76 Å². The maximum Gasteiger partial charge on any atom is 0.307 e. The standard InChI is InChI=1S/C19H18ClN3O2/c1-12-10-15(11-21-22-19(24)18-9-4-13(2)25-18)14(3)23(12)17-7-5-16(20)6-8-17/h4-11H,1-3H3,(H,22,24)/b21-11-. The van der Waals surface area contributed by atoms with Crippen LogP contribution in [0.15, 0.2) is 52.0 Å². The minimum Gasteiger partial charge on any atom is -0.456 e. The molecule has 3 rings (SSSR count). The Morgan fingerprint density at radius 3 is 2.52 bits per heavy atom. The molecule has 0 spiro atoms. The molecule has 128 valence electrons. The molecule has 2 heterocycles. The number of amides is 1. The van der Waals surface area contributed by atoms with E-state index >= 15 is 0 Å². The van der Waals surface area contributed by atoms with Gasteiger partial charge in [-0.05, 0) is 63.2 Å². The van der Waals surface area contributed by atoms with Crippen LogP contribution >= 0.6 is 11.6 Å². The predicted octanol–water partition coefficient (Wildman–Crippen LogP) is 4.41. The van der Waals surface area contributed by atoms with Crippen molar-refractivity contribution in [3.63, 3.8) is 0 Å². The van der Waals surface area contributed by atoms with Crippen molar-refractivity contribution in [3.05, 3.63) is 76.0 Å². The zero-order chi connectivity index (χ0) is 18.0. The fourth-order valence-electron chi connectivity index (χ4n) is 2.68. The molecule has 0 bridgehead atoms. The molecule has 0 saturated carbocycles. The van der Waals surface area contributed by atoms with Gasteiger partial charge in [-0.2, -0.15) is 5.10 Å². The van der Waals surface area contributed by atoms with E-state index in [9.17, 15) is 4.79 Å². The maximum atomic E-state index is 11.9. The number of hydrogen-bond donors (Lipinski definition) is 1. The fraction of sp³-hybridized carbons (Fsp3) is 0.158. The van der Waals surface area contributed by atoms with E-state index < -0.39 is 0 Å². The number of aryl methyl sites for hydroxylation is 2. The number of benzene rings is 1. The van der Waals surface area contributed by atoms with E-state index in [4.69, 9.17) is 16.0 Å². The first-order chi connectivity index (χ1) is 12.0. The smallest absolute Gasteiger partial charge is 0.307 e. The zero-order valence-electron chi connectivity index (χ0n) is 14.2. The predicted molar refractivity (Wildman–Crippen MR) is 98.8 cm³/mol. The Kier molecular flexibility index (Phi) is 4.76. The van der Waals surface area contributed by atoms with Gasteiger partial charge < -0.3 is 8.98 Å². The van der Waals surface area contributed by atoms with Gasteiger partial charge in [0.2, 0.25) is 0 Å². The maximum absolute atomic E-state index is 11.9. The average Bonchev–Trinajstić information content (AvgIpc) is 3.13. The Labute approximate surface area is 150 Å². The van der Waals surface area contributed by atoms with Crippen LogP contribution in [0, 0.1) is 20.8 Å². The van der Waals surface area contributed by atoms with E-state index in [-0.39, 0.29) is 11.7 Å². The first-order valence-corrected chi connectivity index (χ1v) is 8.18. The highest BCUT2D eigenvalue weighted by Crippen LogP contribution is 2.21. The SMILES string of the molecule is Cc1ccc(C(=O)N/N=C\c2cc(C)n(-c3ccc(Cl)cc3)c2C)o1. The molecule has 5 nitrogen and oxygen atoms in total. The van der Waals surface area contributed by atoms with E-state index in [2.05, 4.69) is 15.1 Å². The summed E-state index contributed by atoms with van der Waals surface area (Å²) in [5, 5.41) is 4.73. The molecule has 0 aliphatic heterocycles. The second-order valence-electron chi connectivity index (χ2n) is 5.75.